The van der Waals surface area contributed by atoms with E-state index in [2.05, 4.69) is 9.82 Å². The van der Waals surface area contributed by atoms with Crippen LogP contribution in [0.25, 0.3) is 11.6 Å². The zero-order chi connectivity index (χ0) is 19.0. The van der Waals surface area contributed by atoms with Crippen LogP contribution < -0.4 is 10.4 Å². The highest BCUT2D eigenvalue weighted by Gasteiger charge is 2.31. The number of furan rings is 1. The molecule has 0 spiro atoms. The molecule has 2 heterocycles. The lowest BCUT2D eigenvalue weighted by Crippen LogP contribution is -2.32. The van der Waals surface area contributed by atoms with Crippen LogP contribution in [0.5, 0.6) is 0 Å². The molecule has 1 fully saturated rings. The van der Waals surface area contributed by atoms with Crippen LogP contribution >= 0.6 is 0 Å². The van der Waals surface area contributed by atoms with E-state index in [1.54, 1.807) is 16.7 Å². The summed E-state index contributed by atoms with van der Waals surface area (Å²) >= 11 is 0. The third kappa shape index (κ3) is 3.58. The number of hydrogen-bond acceptors (Lipinski definition) is 5. The lowest BCUT2D eigenvalue weighted by Gasteiger charge is -2.06. The summed E-state index contributed by atoms with van der Waals surface area (Å²) in [5, 5.41) is 4.31. The van der Waals surface area contributed by atoms with E-state index in [0.29, 0.717) is 11.6 Å². The minimum atomic E-state index is -3.80. The van der Waals surface area contributed by atoms with Crippen molar-refractivity contribution in [1.29, 1.82) is 0 Å². The first-order valence-corrected chi connectivity index (χ1v) is 9.92. The number of aromatic nitrogens is 3. The first-order chi connectivity index (χ1) is 13.0. The molecule has 27 heavy (non-hydrogen) atoms. The lowest BCUT2D eigenvalue weighted by molar-refractivity contribution is 0.546. The first-order valence-electron chi connectivity index (χ1n) is 8.44. The summed E-state index contributed by atoms with van der Waals surface area (Å²) in [5.41, 5.74) is -0.301. The maximum Gasteiger partial charge on any atom is 0.346 e. The van der Waals surface area contributed by atoms with Gasteiger partial charge in [-0.3, -0.25) is 4.57 Å². The summed E-state index contributed by atoms with van der Waals surface area (Å²) < 4.78 is 48.0. The summed E-state index contributed by atoms with van der Waals surface area (Å²) in [6.07, 6.45) is 3.31. The van der Waals surface area contributed by atoms with Gasteiger partial charge in [0.05, 0.1) is 17.7 Å². The molecule has 1 N–H and O–H groups in total. The molecule has 10 heteroatoms. The topological polar surface area (TPSA) is 99.1 Å². The molecule has 1 aromatic carbocycles. The van der Waals surface area contributed by atoms with Crippen molar-refractivity contribution in [3.05, 3.63) is 59.0 Å². The number of rotatable bonds is 7. The Morgan fingerprint density at radius 1 is 1.22 bits per heavy atom. The van der Waals surface area contributed by atoms with E-state index < -0.39 is 15.8 Å². The molecule has 0 unspecified atom stereocenters. The molecule has 142 valence electrons. The molecule has 8 nitrogen and oxygen atoms in total. The second-order valence-electron chi connectivity index (χ2n) is 6.26. The zero-order valence-electron chi connectivity index (χ0n) is 14.2. The molecule has 2 aromatic heterocycles. The monoisotopic (exact) mass is 392 g/mol. The molecular weight excluding hydrogens is 375 g/mol. The average Bonchev–Trinajstić information content (AvgIpc) is 3.21. The highest BCUT2D eigenvalue weighted by atomic mass is 32.2. The van der Waals surface area contributed by atoms with Crippen molar-refractivity contribution in [3.8, 4) is 11.6 Å². The van der Waals surface area contributed by atoms with Crippen LogP contribution in [0.1, 0.15) is 18.9 Å². The normalized spacial score (nSPS) is 14.6. The van der Waals surface area contributed by atoms with Crippen LogP contribution in [-0.2, 0) is 16.6 Å². The molecule has 1 saturated carbocycles. The molecule has 0 amide bonds. The Bertz CT molecular complexity index is 1100. The molecule has 1 aliphatic rings. The van der Waals surface area contributed by atoms with Gasteiger partial charge in [-0.2, -0.15) is 0 Å². The fraction of sp³-hybridized carbons (Fsp3) is 0.294. The lowest BCUT2D eigenvalue weighted by atomic mass is 10.4. The SMILES string of the molecule is O=c1n(CCNS(=O)(=O)c2ccc(F)cc2)nc(-c2ccco2)n1C1CC1. The smallest absolute Gasteiger partial charge is 0.346 e. The molecule has 0 radical (unpaired) electrons. The van der Waals surface area contributed by atoms with E-state index in [-0.39, 0.29) is 29.7 Å². The van der Waals surface area contributed by atoms with Crippen LogP contribution in [0.15, 0.2) is 56.8 Å². The highest BCUT2D eigenvalue weighted by molar-refractivity contribution is 7.89. The minimum Gasteiger partial charge on any atom is -0.461 e. The molecule has 1 aliphatic carbocycles. The van der Waals surface area contributed by atoms with Gasteiger partial charge in [0.25, 0.3) is 0 Å². The van der Waals surface area contributed by atoms with Gasteiger partial charge in [-0.1, -0.05) is 0 Å². The van der Waals surface area contributed by atoms with Gasteiger partial charge >= 0.3 is 5.69 Å². The minimum absolute atomic E-state index is 0.0289. The van der Waals surface area contributed by atoms with E-state index in [1.165, 1.54) is 23.1 Å². The summed E-state index contributed by atoms with van der Waals surface area (Å²) in [4.78, 5) is 12.6. The Balaban J connectivity index is 1.51. The number of halogens is 1. The van der Waals surface area contributed by atoms with Crippen molar-refractivity contribution in [1.82, 2.24) is 19.1 Å². The van der Waals surface area contributed by atoms with Crippen LogP contribution in [0.4, 0.5) is 4.39 Å². The largest absolute Gasteiger partial charge is 0.461 e. The maximum absolute atomic E-state index is 12.9. The summed E-state index contributed by atoms with van der Waals surface area (Å²) in [6.45, 7) is 0.0333. The third-order valence-corrected chi connectivity index (χ3v) is 5.74. The van der Waals surface area contributed by atoms with Crippen molar-refractivity contribution in [2.75, 3.05) is 6.54 Å². The number of nitrogens with zero attached hydrogens (tertiary/aromatic N) is 3. The summed E-state index contributed by atoms with van der Waals surface area (Å²) in [6, 6.07) is 8.05. The Kier molecular flexibility index (Phi) is 4.44. The van der Waals surface area contributed by atoms with Gasteiger partial charge in [0.1, 0.15) is 5.82 Å². The quantitative estimate of drug-likeness (QED) is 0.661. The summed E-state index contributed by atoms with van der Waals surface area (Å²) in [5.74, 6) is 0.412. The van der Waals surface area contributed by atoms with Gasteiger partial charge < -0.3 is 4.42 Å². The molecule has 0 saturated heterocycles. The molecule has 4 rings (SSSR count). The van der Waals surface area contributed by atoms with E-state index in [9.17, 15) is 17.6 Å². The molecule has 0 atom stereocenters. The predicted molar refractivity (Wildman–Crippen MR) is 94.0 cm³/mol. The van der Waals surface area contributed by atoms with Gasteiger partial charge in [-0.05, 0) is 49.2 Å². The number of hydrogen-bond donors (Lipinski definition) is 1. The zero-order valence-corrected chi connectivity index (χ0v) is 15.0. The van der Waals surface area contributed by atoms with Crippen LogP contribution in [0.3, 0.4) is 0 Å². The van der Waals surface area contributed by atoms with Gasteiger partial charge in [0, 0.05) is 12.6 Å². The first kappa shape index (κ1) is 17.7. The predicted octanol–water partition coefficient (Wildman–Crippen LogP) is 1.76. The fourth-order valence-electron chi connectivity index (χ4n) is 2.78. The van der Waals surface area contributed by atoms with Crippen molar-refractivity contribution < 1.29 is 17.2 Å². The van der Waals surface area contributed by atoms with Gasteiger partial charge in [0.2, 0.25) is 15.8 Å². The van der Waals surface area contributed by atoms with Crippen molar-refractivity contribution in [2.45, 2.75) is 30.3 Å². The highest BCUT2D eigenvalue weighted by Crippen LogP contribution is 2.36. The van der Waals surface area contributed by atoms with Crippen molar-refractivity contribution >= 4 is 10.0 Å². The second kappa shape index (κ2) is 6.78. The van der Waals surface area contributed by atoms with Gasteiger partial charge in [0.15, 0.2) is 5.76 Å². The van der Waals surface area contributed by atoms with Crippen LogP contribution in [-0.4, -0.2) is 29.3 Å². The van der Waals surface area contributed by atoms with E-state index >= 15 is 0 Å². The van der Waals surface area contributed by atoms with E-state index in [0.717, 1.165) is 25.0 Å². The van der Waals surface area contributed by atoms with Gasteiger partial charge in [-0.25, -0.2) is 27.0 Å². The number of benzene rings is 1. The van der Waals surface area contributed by atoms with E-state index in [1.807, 2.05) is 0 Å². The summed E-state index contributed by atoms with van der Waals surface area (Å²) in [7, 11) is -3.80. The van der Waals surface area contributed by atoms with Crippen molar-refractivity contribution in [2.24, 2.45) is 0 Å². The van der Waals surface area contributed by atoms with E-state index in [4.69, 9.17) is 4.42 Å². The maximum atomic E-state index is 12.9. The van der Waals surface area contributed by atoms with Crippen LogP contribution in [0.2, 0.25) is 0 Å². The van der Waals surface area contributed by atoms with Gasteiger partial charge in [-0.15, -0.1) is 5.10 Å². The number of nitrogens with one attached hydrogen (secondary N) is 1. The Morgan fingerprint density at radius 3 is 2.59 bits per heavy atom. The Hall–Kier alpha value is -2.72. The average molecular weight is 392 g/mol. The molecule has 0 bridgehead atoms. The third-order valence-electron chi connectivity index (χ3n) is 4.26. The van der Waals surface area contributed by atoms with Crippen LogP contribution in [0, 0.1) is 5.82 Å². The Labute approximate surface area is 154 Å². The van der Waals surface area contributed by atoms with Crippen molar-refractivity contribution in [3.63, 3.8) is 0 Å². The molecular formula is C17H17FN4O4S. The molecule has 0 aliphatic heterocycles. The number of sulfonamides is 1. The Morgan fingerprint density at radius 2 is 1.96 bits per heavy atom. The molecule has 3 aromatic rings. The standard InChI is InChI=1S/C17H17FN4O4S/c18-12-3-7-14(8-4-12)27(24,25)19-9-10-21-17(23)22(13-5-6-13)16(20-21)15-2-1-11-26-15/h1-4,7-8,11,13,19H,5-6,9-10H2. The second-order valence-corrected chi connectivity index (χ2v) is 8.03. The fourth-order valence-corrected chi connectivity index (χ4v) is 3.81.